The molecule has 5 nitrogen and oxygen atoms in total. The predicted molar refractivity (Wildman–Crippen MR) is 92.9 cm³/mol. The normalized spacial score (nSPS) is 16.3. The Morgan fingerprint density at radius 1 is 1.25 bits per heavy atom. The number of nitrogens with zero attached hydrogens (tertiary/aromatic N) is 2. The van der Waals surface area contributed by atoms with E-state index in [1.807, 2.05) is 32.0 Å². The van der Waals surface area contributed by atoms with E-state index in [4.69, 9.17) is 15.7 Å². The highest BCUT2D eigenvalue weighted by Gasteiger charge is 2.34. The Labute approximate surface area is 141 Å². The van der Waals surface area contributed by atoms with Gasteiger partial charge < -0.3 is 10.5 Å². The van der Waals surface area contributed by atoms with Gasteiger partial charge in [0, 0.05) is 12.1 Å². The Morgan fingerprint density at radius 3 is 2.75 bits per heavy atom. The van der Waals surface area contributed by atoms with Gasteiger partial charge >= 0.3 is 0 Å². The van der Waals surface area contributed by atoms with Crippen molar-refractivity contribution >= 4 is 17.3 Å². The molecule has 0 aliphatic carbocycles. The third-order valence-electron chi connectivity index (χ3n) is 4.22. The molecule has 1 amide bonds. The monoisotopic (exact) mass is 321 g/mol. The van der Waals surface area contributed by atoms with E-state index in [1.54, 1.807) is 18.2 Å². The van der Waals surface area contributed by atoms with Gasteiger partial charge in [-0.3, -0.25) is 9.69 Å². The maximum Gasteiger partial charge on any atom is 0.269 e. The molecule has 122 valence electrons. The Morgan fingerprint density at radius 2 is 2.04 bits per heavy atom. The van der Waals surface area contributed by atoms with E-state index in [-0.39, 0.29) is 12.5 Å². The number of nitriles is 1. The Balaban J connectivity index is 1.94. The van der Waals surface area contributed by atoms with E-state index in [2.05, 4.69) is 6.07 Å². The fourth-order valence-electron chi connectivity index (χ4n) is 2.98. The maximum absolute atomic E-state index is 12.8. The van der Waals surface area contributed by atoms with Crippen LogP contribution in [0.15, 0.2) is 36.4 Å². The number of carbonyl (C=O) groups excluding carboxylic acids is 1. The van der Waals surface area contributed by atoms with Gasteiger partial charge in [0.05, 0.1) is 11.8 Å². The second-order valence-corrected chi connectivity index (χ2v) is 6.05. The van der Waals surface area contributed by atoms with Crippen molar-refractivity contribution in [1.29, 1.82) is 5.26 Å². The lowest BCUT2D eigenvalue weighted by molar-refractivity contribution is -0.126. The lowest BCUT2D eigenvalue weighted by Gasteiger charge is -2.33. The summed E-state index contributed by atoms with van der Waals surface area (Å²) in [6.45, 7) is 4.04. The van der Waals surface area contributed by atoms with Gasteiger partial charge in [0.15, 0.2) is 6.10 Å². The first-order valence-electron chi connectivity index (χ1n) is 7.80. The number of fused-ring (bicyclic) bond motifs is 1. The fraction of sp³-hybridized carbons (Fsp3) is 0.263. The topological polar surface area (TPSA) is 79.3 Å². The molecule has 3 rings (SSSR count). The number of nitrogen functional groups attached to an aromatic ring is 1. The first-order chi connectivity index (χ1) is 11.5. The van der Waals surface area contributed by atoms with Crippen LogP contribution in [0.25, 0.3) is 0 Å². The lowest BCUT2D eigenvalue weighted by Crippen LogP contribution is -2.47. The predicted octanol–water partition coefficient (Wildman–Crippen LogP) is 2.75. The van der Waals surface area contributed by atoms with E-state index < -0.39 is 6.10 Å². The number of benzene rings is 2. The van der Waals surface area contributed by atoms with Crippen molar-refractivity contribution in [1.82, 2.24) is 0 Å². The summed E-state index contributed by atoms with van der Waals surface area (Å²) in [5.41, 5.74) is 10.3. The first-order valence-corrected chi connectivity index (χ1v) is 7.80. The maximum atomic E-state index is 12.8. The number of carbonyl (C=O) groups is 1. The van der Waals surface area contributed by atoms with E-state index in [0.717, 1.165) is 11.1 Å². The molecule has 1 atom stereocenters. The molecule has 1 unspecified atom stereocenters. The molecule has 1 aliphatic rings. The highest BCUT2D eigenvalue weighted by atomic mass is 16.5. The summed E-state index contributed by atoms with van der Waals surface area (Å²) >= 11 is 0. The van der Waals surface area contributed by atoms with Gasteiger partial charge in [0.2, 0.25) is 0 Å². The van der Waals surface area contributed by atoms with Crippen LogP contribution in [0.2, 0.25) is 0 Å². The number of hydrogen-bond donors (Lipinski definition) is 1. The van der Waals surface area contributed by atoms with Crippen LogP contribution >= 0.6 is 0 Å². The molecular formula is C19H19N3O2. The highest BCUT2D eigenvalue weighted by Crippen LogP contribution is 2.36. The number of aryl methyl sites for hydroxylation is 2. The van der Waals surface area contributed by atoms with Crippen LogP contribution in [0.1, 0.15) is 16.7 Å². The van der Waals surface area contributed by atoms with Crippen LogP contribution < -0.4 is 15.4 Å². The molecule has 0 fully saturated rings. The lowest BCUT2D eigenvalue weighted by atomic mass is 9.99. The van der Waals surface area contributed by atoms with E-state index >= 15 is 0 Å². The molecule has 0 saturated heterocycles. The van der Waals surface area contributed by atoms with E-state index in [0.29, 0.717) is 23.5 Å². The molecule has 0 aromatic heterocycles. The fourth-order valence-corrected chi connectivity index (χ4v) is 2.98. The van der Waals surface area contributed by atoms with Crippen LogP contribution in [-0.2, 0) is 11.2 Å². The Hall–Kier alpha value is -3.00. The van der Waals surface area contributed by atoms with Gasteiger partial charge in [0.1, 0.15) is 12.3 Å². The van der Waals surface area contributed by atoms with Crippen LogP contribution in [0.3, 0.4) is 0 Å². The van der Waals surface area contributed by atoms with E-state index in [1.165, 1.54) is 10.5 Å². The van der Waals surface area contributed by atoms with Crippen molar-refractivity contribution in [2.45, 2.75) is 26.4 Å². The minimum atomic E-state index is -0.643. The van der Waals surface area contributed by atoms with Gasteiger partial charge in [-0.2, -0.15) is 5.26 Å². The zero-order valence-electron chi connectivity index (χ0n) is 13.7. The minimum Gasteiger partial charge on any atom is -0.478 e. The SMILES string of the molecule is Cc1ccc(CC2Oc3ccc(N)cc3N(CC#N)C2=O)c(C)c1. The van der Waals surface area contributed by atoms with Crippen molar-refractivity contribution in [2.75, 3.05) is 17.2 Å². The molecule has 2 aromatic carbocycles. The number of amides is 1. The molecule has 0 bridgehead atoms. The van der Waals surface area contributed by atoms with E-state index in [9.17, 15) is 4.79 Å². The standard InChI is InChI=1S/C19H19N3O2/c1-12-3-4-14(13(2)9-12)10-18-19(23)22(8-7-20)16-11-15(21)5-6-17(16)24-18/h3-6,9,11,18H,8,10,21H2,1-2H3. The Bertz CT molecular complexity index is 839. The molecule has 1 heterocycles. The molecule has 0 radical (unpaired) electrons. The van der Waals surface area contributed by atoms with Crippen molar-refractivity contribution in [3.05, 3.63) is 53.1 Å². The summed E-state index contributed by atoms with van der Waals surface area (Å²) in [5.74, 6) is 0.364. The summed E-state index contributed by atoms with van der Waals surface area (Å²) in [5, 5.41) is 9.07. The van der Waals surface area contributed by atoms with Crippen molar-refractivity contribution in [3.8, 4) is 11.8 Å². The van der Waals surface area contributed by atoms with Crippen LogP contribution in [0, 0.1) is 25.2 Å². The number of hydrogen-bond acceptors (Lipinski definition) is 4. The zero-order chi connectivity index (χ0) is 17.3. The van der Waals surface area contributed by atoms with Gasteiger partial charge in [-0.15, -0.1) is 0 Å². The highest BCUT2D eigenvalue weighted by molar-refractivity contribution is 6.01. The summed E-state index contributed by atoms with van der Waals surface area (Å²) < 4.78 is 5.91. The second-order valence-electron chi connectivity index (χ2n) is 6.05. The van der Waals surface area contributed by atoms with Crippen LogP contribution in [0.4, 0.5) is 11.4 Å². The third-order valence-corrected chi connectivity index (χ3v) is 4.22. The summed E-state index contributed by atoms with van der Waals surface area (Å²) in [6, 6.07) is 13.3. The van der Waals surface area contributed by atoms with Crippen molar-refractivity contribution in [3.63, 3.8) is 0 Å². The summed E-state index contributed by atoms with van der Waals surface area (Å²) in [6.07, 6.45) is -0.174. The smallest absolute Gasteiger partial charge is 0.269 e. The quantitative estimate of drug-likeness (QED) is 0.696. The minimum absolute atomic E-state index is 0.0258. The molecule has 1 aliphatic heterocycles. The third kappa shape index (κ3) is 2.91. The Kier molecular flexibility index (Phi) is 4.13. The van der Waals surface area contributed by atoms with Gasteiger partial charge in [-0.05, 0) is 43.2 Å². The average molecular weight is 321 g/mol. The molecule has 24 heavy (non-hydrogen) atoms. The second kappa shape index (κ2) is 6.25. The van der Waals surface area contributed by atoms with Crippen molar-refractivity contribution in [2.24, 2.45) is 0 Å². The largest absolute Gasteiger partial charge is 0.478 e. The molecule has 0 saturated carbocycles. The van der Waals surface area contributed by atoms with Gasteiger partial charge in [0.25, 0.3) is 5.91 Å². The average Bonchev–Trinajstić information content (AvgIpc) is 2.54. The summed E-state index contributed by atoms with van der Waals surface area (Å²) in [7, 11) is 0. The number of nitrogens with two attached hydrogens (primary N) is 1. The van der Waals surface area contributed by atoms with Crippen LogP contribution in [0.5, 0.6) is 5.75 Å². The zero-order valence-corrected chi connectivity index (χ0v) is 13.7. The van der Waals surface area contributed by atoms with Crippen molar-refractivity contribution < 1.29 is 9.53 Å². The molecule has 2 aromatic rings. The molecular weight excluding hydrogens is 302 g/mol. The molecule has 2 N–H and O–H groups in total. The van der Waals surface area contributed by atoms with Crippen LogP contribution in [-0.4, -0.2) is 18.6 Å². The number of rotatable bonds is 3. The first kappa shape index (κ1) is 15.9. The molecule has 5 heteroatoms. The van der Waals surface area contributed by atoms with Gasteiger partial charge in [-0.1, -0.05) is 23.8 Å². The summed E-state index contributed by atoms with van der Waals surface area (Å²) in [4.78, 5) is 14.2. The number of ether oxygens (including phenoxy) is 1. The van der Waals surface area contributed by atoms with Gasteiger partial charge in [-0.25, -0.2) is 0 Å². The molecule has 0 spiro atoms. The number of anilines is 2.